The van der Waals surface area contributed by atoms with E-state index in [1.807, 2.05) is 17.0 Å². The molecule has 130 valence electrons. The number of piperidine rings is 1. The van der Waals surface area contributed by atoms with Crippen molar-refractivity contribution in [3.8, 4) is 0 Å². The molecular weight excluding hydrogens is 307 g/mol. The van der Waals surface area contributed by atoms with Gasteiger partial charge in [0.2, 0.25) is 5.91 Å². The second kappa shape index (κ2) is 6.45. The molecule has 3 fully saturated rings. The van der Waals surface area contributed by atoms with Gasteiger partial charge in [-0.2, -0.15) is 0 Å². The molecule has 1 saturated carbocycles. The second-order valence-electron chi connectivity index (χ2n) is 7.59. The summed E-state index contributed by atoms with van der Waals surface area (Å²) in [5.41, 5.74) is 0.990. The van der Waals surface area contributed by atoms with E-state index >= 15 is 0 Å². The lowest BCUT2D eigenvalue weighted by Gasteiger charge is -2.47. The number of halogens is 1. The minimum atomic E-state index is -0.188. The van der Waals surface area contributed by atoms with Crippen LogP contribution in [0.1, 0.15) is 31.2 Å². The van der Waals surface area contributed by atoms with Crippen molar-refractivity contribution in [1.29, 1.82) is 0 Å². The predicted octanol–water partition coefficient (Wildman–Crippen LogP) is 2.43. The molecule has 0 N–H and O–H groups in total. The average Bonchev–Trinajstić information content (AvgIpc) is 3.40. The maximum Gasteiger partial charge on any atom is 0.248 e. The molecule has 4 rings (SSSR count). The first-order valence-electron chi connectivity index (χ1n) is 9.00. The molecule has 24 heavy (non-hydrogen) atoms. The van der Waals surface area contributed by atoms with Gasteiger partial charge in [0.1, 0.15) is 12.4 Å². The molecule has 2 aliphatic heterocycles. The molecule has 1 spiro atoms. The first kappa shape index (κ1) is 16.0. The average molecular weight is 332 g/mol. The van der Waals surface area contributed by atoms with E-state index in [2.05, 4.69) is 4.90 Å². The van der Waals surface area contributed by atoms with Crippen LogP contribution >= 0.6 is 0 Å². The van der Waals surface area contributed by atoms with E-state index in [1.165, 1.54) is 25.0 Å². The molecule has 2 heterocycles. The smallest absolute Gasteiger partial charge is 0.248 e. The normalized spacial score (nSPS) is 24.5. The molecule has 2 saturated heterocycles. The Morgan fingerprint density at radius 3 is 2.54 bits per heavy atom. The van der Waals surface area contributed by atoms with Crippen LogP contribution in [0.15, 0.2) is 24.3 Å². The summed E-state index contributed by atoms with van der Waals surface area (Å²) in [7, 11) is 0. The number of rotatable bonds is 4. The summed E-state index contributed by atoms with van der Waals surface area (Å²) in [6, 6.07) is 6.75. The number of carbonyl (C=O) groups is 1. The highest BCUT2D eigenvalue weighted by atomic mass is 19.1. The zero-order chi connectivity index (χ0) is 16.6. The van der Waals surface area contributed by atoms with Crippen molar-refractivity contribution < 1.29 is 13.9 Å². The van der Waals surface area contributed by atoms with Crippen LogP contribution in [0.25, 0.3) is 0 Å². The van der Waals surface area contributed by atoms with Crippen LogP contribution in [-0.4, -0.2) is 54.1 Å². The molecule has 4 nitrogen and oxygen atoms in total. The van der Waals surface area contributed by atoms with Gasteiger partial charge in [0, 0.05) is 32.7 Å². The molecule has 0 unspecified atom stereocenters. The zero-order valence-corrected chi connectivity index (χ0v) is 14.0. The van der Waals surface area contributed by atoms with Crippen molar-refractivity contribution in [1.82, 2.24) is 9.80 Å². The molecule has 5 heteroatoms. The van der Waals surface area contributed by atoms with Crippen molar-refractivity contribution in [2.24, 2.45) is 5.92 Å². The van der Waals surface area contributed by atoms with E-state index in [0.29, 0.717) is 0 Å². The number of benzene rings is 1. The van der Waals surface area contributed by atoms with E-state index in [9.17, 15) is 9.18 Å². The maximum absolute atomic E-state index is 13.0. The highest BCUT2D eigenvalue weighted by molar-refractivity contribution is 5.78. The Morgan fingerprint density at radius 1 is 1.17 bits per heavy atom. The molecule has 3 aliphatic rings. The first-order chi connectivity index (χ1) is 11.6. The monoisotopic (exact) mass is 332 g/mol. The SMILES string of the molecule is O=C1COC2(CCN(Cc3ccc(F)cc3)CC2)CN1CC1CC1. The summed E-state index contributed by atoms with van der Waals surface area (Å²) in [5, 5.41) is 0. The van der Waals surface area contributed by atoms with Gasteiger partial charge >= 0.3 is 0 Å². The number of carbonyl (C=O) groups excluding carboxylic acids is 1. The Kier molecular flexibility index (Phi) is 4.31. The third-order valence-electron chi connectivity index (χ3n) is 5.60. The summed E-state index contributed by atoms with van der Waals surface area (Å²) in [4.78, 5) is 16.5. The Labute approximate surface area is 142 Å². The topological polar surface area (TPSA) is 32.8 Å². The van der Waals surface area contributed by atoms with Crippen LogP contribution in [0.2, 0.25) is 0 Å². The molecule has 1 aromatic rings. The standard InChI is InChI=1S/C19H25FN2O2/c20-17-5-3-15(4-6-17)11-21-9-7-19(8-10-21)14-22(12-16-1-2-16)18(23)13-24-19/h3-6,16H,1-2,7-14H2. The minimum Gasteiger partial charge on any atom is -0.363 e. The van der Waals surface area contributed by atoms with E-state index in [1.54, 1.807) is 0 Å². The van der Waals surface area contributed by atoms with Crippen molar-refractivity contribution in [3.63, 3.8) is 0 Å². The van der Waals surface area contributed by atoms with E-state index in [0.717, 1.165) is 57.0 Å². The zero-order valence-electron chi connectivity index (χ0n) is 14.0. The fourth-order valence-corrected chi connectivity index (χ4v) is 3.84. The van der Waals surface area contributed by atoms with Gasteiger partial charge in [-0.05, 0) is 49.3 Å². The molecular formula is C19H25FN2O2. The number of nitrogens with zero attached hydrogens (tertiary/aromatic N) is 2. The van der Waals surface area contributed by atoms with Gasteiger partial charge in [0.05, 0.1) is 5.60 Å². The highest BCUT2D eigenvalue weighted by Crippen LogP contribution is 2.35. The largest absolute Gasteiger partial charge is 0.363 e. The van der Waals surface area contributed by atoms with Gasteiger partial charge in [-0.3, -0.25) is 9.69 Å². The summed E-state index contributed by atoms with van der Waals surface area (Å²) in [6.07, 6.45) is 4.46. The number of likely N-dealkylation sites (tertiary alicyclic amines) is 1. The third-order valence-corrected chi connectivity index (χ3v) is 5.60. The Morgan fingerprint density at radius 2 is 1.88 bits per heavy atom. The van der Waals surface area contributed by atoms with Crippen LogP contribution in [0.3, 0.4) is 0 Å². The number of hydrogen-bond donors (Lipinski definition) is 0. The second-order valence-corrected chi connectivity index (χ2v) is 7.59. The van der Waals surface area contributed by atoms with Crippen molar-refractivity contribution >= 4 is 5.91 Å². The maximum atomic E-state index is 13.0. The van der Waals surface area contributed by atoms with Crippen molar-refractivity contribution in [2.75, 3.05) is 32.8 Å². The first-order valence-corrected chi connectivity index (χ1v) is 9.00. The van der Waals surface area contributed by atoms with Gasteiger partial charge in [-0.25, -0.2) is 4.39 Å². The van der Waals surface area contributed by atoms with Gasteiger partial charge < -0.3 is 9.64 Å². The quantitative estimate of drug-likeness (QED) is 0.849. The van der Waals surface area contributed by atoms with Gasteiger partial charge in [-0.15, -0.1) is 0 Å². The summed E-state index contributed by atoms with van der Waals surface area (Å²) in [6.45, 7) is 4.69. The molecule has 0 aromatic heterocycles. The Bertz CT molecular complexity index is 592. The van der Waals surface area contributed by atoms with Gasteiger partial charge in [-0.1, -0.05) is 12.1 Å². The van der Waals surface area contributed by atoms with Crippen LogP contribution in [-0.2, 0) is 16.1 Å². The highest BCUT2D eigenvalue weighted by Gasteiger charge is 2.43. The third kappa shape index (κ3) is 3.62. The number of amides is 1. The summed E-state index contributed by atoms with van der Waals surface area (Å²) >= 11 is 0. The number of hydrogen-bond acceptors (Lipinski definition) is 3. The minimum absolute atomic E-state index is 0.151. The van der Waals surface area contributed by atoms with Crippen LogP contribution in [0, 0.1) is 11.7 Å². The van der Waals surface area contributed by atoms with E-state index in [-0.39, 0.29) is 23.9 Å². The van der Waals surface area contributed by atoms with Crippen molar-refractivity contribution in [3.05, 3.63) is 35.6 Å². The molecule has 1 aliphatic carbocycles. The molecule has 1 aromatic carbocycles. The lowest BCUT2D eigenvalue weighted by Crippen LogP contribution is -2.58. The fraction of sp³-hybridized carbons (Fsp3) is 0.632. The van der Waals surface area contributed by atoms with Crippen LogP contribution < -0.4 is 0 Å². The van der Waals surface area contributed by atoms with Gasteiger partial charge in [0.25, 0.3) is 0 Å². The summed E-state index contributed by atoms with van der Waals surface area (Å²) < 4.78 is 19.0. The summed E-state index contributed by atoms with van der Waals surface area (Å²) in [5.74, 6) is 0.691. The predicted molar refractivity (Wildman–Crippen MR) is 88.9 cm³/mol. The molecule has 0 atom stereocenters. The van der Waals surface area contributed by atoms with Crippen LogP contribution in [0.4, 0.5) is 4.39 Å². The molecule has 0 radical (unpaired) electrons. The number of morpholine rings is 1. The van der Waals surface area contributed by atoms with Gasteiger partial charge in [0.15, 0.2) is 0 Å². The van der Waals surface area contributed by atoms with E-state index < -0.39 is 0 Å². The van der Waals surface area contributed by atoms with E-state index in [4.69, 9.17) is 4.74 Å². The molecule has 1 amide bonds. The Balaban J connectivity index is 1.32. The lowest BCUT2D eigenvalue weighted by atomic mass is 9.89. The molecule has 0 bridgehead atoms. The van der Waals surface area contributed by atoms with Crippen LogP contribution in [0.5, 0.6) is 0 Å². The fourth-order valence-electron chi connectivity index (χ4n) is 3.84. The lowest BCUT2D eigenvalue weighted by molar-refractivity contribution is -0.172. The van der Waals surface area contributed by atoms with Crippen molar-refractivity contribution in [2.45, 2.75) is 37.8 Å². The number of ether oxygens (including phenoxy) is 1. The Hall–Kier alpha value is -1.46.